The quantitative estimate of drug-likeness (QED) is 0.212. The SMILES string of the molecule is Cc1cc2c(c(-c3cccc4c3[nH]c3oc5ccccc5c34)c1)Bc1cccc(c1C)-c1c-2sc2ccccc12. The number of H-pyrrole nitrogens is 1. The van der Waals surface area contributed by atoms with Crippen LogP contribution in [0.5, 0.6) is 0 Å². The minimum absolute atomic E-state index is 0.842. The monoisotopic (exact) mass is 529 g/mol. The maximum atomic E-state index is 6.27. The molecule has 3 aromatic heterocycles. The normalized spacial score (nSPS) is 12.4. The maximum Gasteiger partial charge on any atom is 0.206 e. The highest BCUT2D eigenvalue weighted by molar-refractivity contribution is 7.23. The number of benzene rings is 5. The predicted octanol–water partition coefficient (Wildman–Crippen LogP) is 8.60. The van der Waals surface area contributed by atoms with Gasteiger partial charge in [-0.15, -0.1) is 11.3 Å². The van der Waals surface area contributed by atoms with Gasteiger partial charge in [0, 0.05) is 36.9 Å². The van der Waals surface area contributed by atoms with Crippen molar-refractivity contribution < 1.29 is 4.42 Å². The van der Waals surface area contributed by atoms with Crippen LogP contribution >= 0.6 is 11.3 Å². The van der Waals surface area contributed by atoms with Crippen molar-refractivity contribution in [3.05, 3.63) is 108 Å². The summed E-state index contributed by atoms with van der Waals surface area (Å²) >= 11 is 1.92. The number of thiophene rings is 1. The van der Waals surface area contributed by atoms with Crippen LogP contribution in [0, 0.1) is 13.8 Å². The number of nitrogens with one attached hydrogen (secondary N) is 1. The highest BCUT2D eigenvalue weighted by atomic mass is 32.1. The number of para-hydroxylation sites is 2. The molecule has 0 atom stereocenters. The Labute approximate surface area is 236 Å². The Bertz CT molecular complexity index is 2330. The largest absolute Gasteiger partial charge is 0.440 e. The molecule has 9 rings (SSSR count). The molecule has 0 unspecified atom stereocenters. The van der Waals surface area contributed by atoms with E-state index in [1.807, 2.05) is 23.5 Å². The van der Waals surface area contributed by atoms with Crippen molar-refractivity contribution in [3.63, 3.8) is 0 Å². The molecule has 0 saturated carbocycles. The molecule has 4 heteroatoms. The van der Waals surface area contributed by atoms with E-state index in [4.69, 9.17) is 4.42 Å². The molecule has 40 heavy (non-hydrogen) atoms. The summed E-state index contributed by atoms with van der Waals surface area (Å²) in [5.41, 5.74) is 15.0. The molecular weight excluding hydrogens is 505 g/mol. The maximum absolute atomic E-state index is 6.27. The molecule has 0 aliphatic carbocycles. The summed E-state index contributed by atoms with van der Waals surface area (Å²) in [5, 5.41) is 4.87. The summed E-state index contributed by atoms with van der Waals surface area (Å²) in [6.45, 7) is 4.53. The van der Waals surface area contributed by atoms with E-state index in [2.05, 4.69) is 104 Å². The van der Waals surface area contributed by atoms with Gasteiger partial charge in [0.15, 0.2) is 7.28 Å². The Morgan fingerprint density at radius 1 is 0.700 bits per heavy atom. The third kappa shape index (κ3) is 2.94. The predicted molar refractivity (Wildman–Crippen MR) is 173 cm³/mol. The fraction of sp³-hybridized carbons (Fsp3) is 0.0556. The van der Waals surface area contributed by atoms with E-state index in [1.54, 1.807) is 0 Å². The lowest BCUT2D eigenvalue weighted by molar-refractivity contribution is 0.657. The van der Waals surface area contributed by atoms with Crippen LogP contribution in [0.3, 0.4) is 0 Å². The zero-order valence-corrected chi connectivity index (χ0v) is 23.1. The fourth-order valence-corrected chi connectivity index (χ4v) is 8.18. The Morgan fingerprint density at radius 2 is 1.45 bits per heavy atom. The molecule has 5 aromatic carbocycles. The number of hydrogen-bond acceptors (Lipinski definition) is 2. The van der Waals surface area contributed by atoms with Gasteiger partial charge in [-0.05, 0) is 53.8 Å². The standard InChI is InChI=1S/C36H24BNOS/c1-19-17-26(22-12-7-13-25-32-23-9-3-5-15-29(23)39-36(32)38-34(22)25)33-27(18-19)35-31(24-10-4-6-16-30(24)40-35)21-11-8-14-28(37-33)20(21)2/h3-18,37-38H,1-2H3. The molecule has 2 nitrogen and oxygen atoms in total. The molecule has 0 spiro atoms. The Kier molecular flexibility index (Phi) is 4.46. The topological polar surface area (TPSA) is 28.9 Å². The number of fused-ring (bicyclic) bond motifs is 13. The summed E-state index contributed by atoms with van der Waals surface area (Å²) in [7, 11) is 0.897. The molecule has 0 saturated heterocycles. The lowest BCUT2D eigenvalue weighted by atomic mass is 9.57. The minimum atomic E-state index is 0.842. The first-order valence-corrected chi connectivity index (χ1v) is 14.6. The van der Waals surface area contributed by atoms with Crippen molar-refractivity contribution in [1.29, 1.82) is 0 Å². The van der Waals surface area contributed by atoms with Gasteiger partial charge in [-0.3, -0.25) is 0 Å². The second-order valence-corrected chi connectivity index (χ2v) is 12.1. The van der Waals surface area contributed by atoms with Gasteiger partial charge in [0.1, 0.15) is 5.58 Å². The zero-order chi connectivity index (χ0) is 26.5. The molecule has 188 valence electrons. The molecule has 0 fully saturated rings. The second-order valence-electron chi connectivity index (χ2n) is 11.1. The van der Waals surface area contributed by atoms with Crippen LogP contribution in [0.2, 0.25) is 0 Å². The first-order valence-electron chi connectivity index (χ1n) is 13.8. The Morgan fingerprint density at radius 3 is 2.38 bits per heavy atom. The van der Waals surface area contributed by atoms with E-state index in [0.29, 0.717) is 0 Å². The fourth-order valence-electron chi connectivity index (χ4n) is 6.92. The molecule has 0 amide bonds. The van der Waals surface area contributed by atoms with E-state index in [0.717, 1.165) is 29.5 Å². The summed E-state index contributed by atoms with van der Waals surface area (Å²) in [6, 6.07) is 35.5. The van der Waals surface area contributed by atoms with Crippen LogP contribution in [0.15, 0.2) is 101 Å². The molecule has 1 aliphatic rings. The number of aromatic nitrogens is 1. The minimum Gasteiger partial charge on any atom is -0.440 e. The number of aromatic amines is 1. The van der Waals surface area contributed by atoms with Crippen molar-refractivity contribution in [3.8, 4) is 32.7 Å². The lowest BCUT2D eigenvalue weighted by Crippen LogP contribution is -2.33. The molecule has 1 N–H and O–H groups in total. The highest BCUT2D eigenvalue weighted by Gasteiger charge is 2.26. The van der Waals surface area contributed by atoms with E-state index in [1.165, 1.54) is 75.6 Å². The van der Waals surface area contributed by atoms with E-state index < -0.39 is 0 Å². The lowest BCUT2D eigenvalue weighted by Gasteiger charge is -2.22. The Hall–Kier alpha value is -4.54. The van der Waals surface area contributed by atoms with Gasteiger partial charge in [0.2, 0.25) is 5.71 Å². The van der Waals surface area contributed by atoms with Gasteiger partial charge in [0.25, 0.3) is 0 Å². The van der Waals surface area contributed by atoms with Crippen molar-refractivity contribution in [2.45, 2.75) is 13.8 Å². The Balaban J connectivity index is 1.40. The number of hydrogen-bond donors (Lipinski definition) is 1. The van der Waals surface area contributed by atoms with E-state index in [-0.39, 0.29) is 0 Å². The van der Waals surface area contributed by atoms with Crippen LogP contribution in [0.1, 0.15) is 11.1 Å². The van der Waals surface area contributed by atoms with E-state index >= 15 is 0 Å². The zero-order valence-electron chi connectivity index (χ0n) is 22.3. The van der Waals surface area contributed by atoms with Crippen LogP contribution < -0.4 is 10.9 Å². The van der Waals surface area contributed by atoms with Crippen molar-refractivity contribution in [2.75, 3.05) is 0 Å². The summed E-state index contributed by atoms with van der Waals surface area (Å²) in [4.78, 5) is 5.06. The molecule has 0 radical (unpaired) electrons. The summed E-state index contributed by atoms with van der Waals surface area (Å²) in [5.74, 6) is 0. The van der Waals surface area contributed by atoms with Gasteiger partial charge >= 0.3 is 0 Å². The van der Waals surface area contributed by atoms with Crippen molar-refractivity contribution in [2.24, 2.45) is 0 Å². The first-order chi connectivity index (χ1) is 19.7. The third-order valence-corrected chi connectivity index (χ3v) is 9.98. The van der Waals surface area contributed by atoms with Crippen molar-refractivity contribution in [1.82, 2.24) is 4.98 Å². The summed E-state index contributed by atoms with van der Waals surface area (Å²) in [6.07, 6.45) is 0. The molecule has 8 aromatic rings. The summed E-state index contributed by atoms with van der Waals surface area (Å²) < 4.78 is 7.61. The molecule has 2 bridgehead atoms. The van der Waals surface area contributed by atoms with Crippen LogP contribution in [-0.4, -0.2) is 12.3 Å². The van der Waals surface area contributed by atoms with E-state index in [9.17, 15) is 0 Å². The smallest absolute Gasteiger partial charge is 0.206 e. The van der Waals surface area contributed by atoms with Gasteiger partial charge in [-0.25, -0.2) is 0 Å². The average molecular weight is 529 g/mol. The molecular formula is C36H24BNOS. The number of aryl methyl sites for hydroxylation is 1. The first kappa shape index (κ1) is 22.3. The highest BCUT2D eigenvalue weighted by Crippen LogP contribution is 2.47. The average Bonchev–Trinajstić information content (AvgIpc) is 3.64. The number of furan rings is 1. The van der Waals surface area contributed by atoms with Crippen molar-refractivity contribution >= 4 is 72.6 Å². The second kappa shape index (κ2) is 8.00. The van der Waals surface area contributed by atoms with Crippen LogP contribution in [0.4, 0.5) is 0 Å². The van der Waals surface area contributed by atoms with Gasteiger partial charge < -0.3 is 9.40 Å². The third-order valence-electron chi connectivity index (χ3n) is 8.77. The van der Waals surface area contributed by atoms with Gasteiger partial charge in [-0.2, -0.15) is 0 Å². The van der Waals surface area contributed by atoms with Crippen LogP contribution in [-0.2, 0) is 0 Å². The van der Waals surface area contributed by atoms with Gasteiger partial charge in [0.05, 0.1) is 10.9 Å². The van der Waals surface area contributed by atoms with Gasteiger partial charge in [-0.1, -0.05) is 95.9 Å². The molecule has 4 heterocycles. The van der Waals surface area contributed by atoms with Crippen LogP contribution in [0.25, 0.3) is 75.8 Å². The molecule has 1 aliphatic heterocycles. The number of rotatable bonds is 1.